The lowest BCUT2D eigenvalue weighted by Crippen LogP contribution is -2.31. The molecule has 0 radical (unpaired) electrons. The Morgan fingerprint density at radius 1 is 1.00 bits per heavy atom. The van der Waals surface area contributed by atoms with Gasteiger partial charge in [0.1, 0.15) is 24.3 Å². The topological polar surface area (TPSA) is 58.6 Å². The molecule has 3 aromatic rings. The molecule has 5 heteroatoms. The van der Waals surface area contributed by atoms with Crippen LogP contribution in [0.15, 0.2) is 78.9 Å². The Kier molecular flexibility index (Phi) is 6.40. The van der Waals surface area contributed by atoms with Gasteiger partial charge in [-0.2, -0.15) is 0 Å². The van der Waals surface area contributed by atoms with Gasteiger partial charge >= 0.3 is 0 Å². The summed E-state index contributed by atoms with van der Waals surface area (Å²) in [6.07, 6.45) is -1.24. The van der Waals surface area contributed by atoms with Crippen molar-refractivity contribution >= 4 is 11.5 Å². The van der Waals surface area contributed by atoms with Crippen molar-refractivity contribution in [1.29, 1.82) is 0 Å². The molecule has 3 aromatic carbocycles. The molecule has 0 spiro atoms. The van der Waals surface area contributed by atoms with Gasteiger partial charge in [-0.15, -0.1) is 0 Å². The van der Waals surface area contributed by atoms with Gasteiger partial charge in [-0.05, 0) is 54.4 Å². The molecule has 2 atom stereocenters. The summed E-state index contributed by atoms with van der Waals surface area (Å²) in [5.41, 5.74) is 2.39. The first-order valence-corrected chi connectivity index (χ1v) is 9.00. The second-order valence-electron chi connectivity index (χ2n) is 6.53. The summed E-state index contributed by atoms with van der Waals surface area (Å²) >= 11 is 0. The number of nitrogens with one attached hydrogen (secondary N) is 1. The average Bonchev–Trinajstić information content (AvgIpc) is 2.72. The van der Waals surface area contributed by atoms with Crippen molar-refractivity contribution in [3.05, 3.63) is 95.8 Å². The number of anilines is 1. The molecule has 2 unspecified atom stereocenters. The van der Waals surface area contributed by atoms with Gasteiger partial charge in [0.15, 0.2) is 5.78 Å². The average molecular weight is 379 g/mol. The third-order valence-electron chi connectivity index (χ3n) is 4.39. The van der Waals surface area contributed by atoms with Crippen molar-refractivity contribution in [2.45, 2.75) is 25.7 Å². The van der Waals surface area contributed by atoms with Gasteiger partial charge in [-0.3, -0.25) is 4.79 Å². The summed E-state index contributed by atoms with van der Waals surface area (Å²) in [5.74, 6) is -0.0244. The van der Waals surface area contributed by atoms with E-state index in [1.54, 1.807) is 36.4 Å². The van der Waals surface area contributed by atoms with Crippen molar-refractivity contribution in [3.8, 4) is 5.75 Å². The number of benzene rings is 3. The van der Waals surface area contributed by atoms with E-state index < -0.39 is 12.1 Å². The zero-order valence-electron chi connectivity index (χ0n) is 15.5. The fourth-order valence-electron chi connectivity index (χ4n) is 2.82. The van der Waals surface area contributed by atoms with Gasteiger partial charge in [-0.25, -0.2) is 4.39 Å². The second-order valence-corrected chi connectivity index (χ2v) is 6.53. The van der Waals surface area contributed by atoms with Crippen LogP contribution in [0.5, 0.6) is 5.75 Å². The van der Waals surface area contributed by atoms with Gasteiger partial charge in [0, 0.05) is 5.69 Å². The van der Waals surface area contributed by atoms with Crippen LogP contribution in [0.4, 0.5) is 10.1 Å². The smallest absolute Gasteiger partial charge is 0.160 e. The molecule has 3 rings (SSSR count). The molecular formula is C23H22FNO3. The monoisotopic (exact) mass is 379 g/mol. The van der Waals surface area contributed by atoms with Crippen molar-refractivity contribution < 1.29 is 19.0 Å². The largest absolute Gasteiger partial charge is 0.489 e. The summed E-state index contributed by atoms with van der Waals surface area (Å²) in [5, 5.41) is 13.5. The van der Waals surface area contributed by atoms with Crippen LogP contribution in [0, 0.1) is 5.82 Å². The standard InChI is InChI=1S/C23H22FNO3/c1-16(26)23(27)22(25-20-11-9-19(24)10-12-20)18-7-13-21(14-8-18)28-15-17-5-3-2-4-6-17/h2-14,22-23,25,27H,15H2,1H3. The third kappa shape index (κ3) is 5.18. The number of carbonyl (C=O) groups is 1. The van der Waals surface area contributed by atoms with Crippen LogP contribution in [0.25, 0.3) is 0 Å². The van der Waals surface area contributed by atoms with E-state index in [-0.39, 0.29) is 11.6 Å². The molecule has 28 heavy (non-hydrogen) atoms. The zero-order valence-corrected chi connectivity index (χ0v) is 15.5. The lowest BCUT2D eigenvalue weighted by molar-refractivity contribution is -0.125. The van der Waals surface area contributed by atoms with Crippen molar-refractivity contribution in [2.24, 2.45) is 0 Å². The highest BCUT2D eigenvalue weighted by molar-refractivity contribution is 5.81. The Balaban J connectivity index is 1.74. The maximum atomic E-state index is 13.1. The van der Waals surface area contributed by atoms with E-state index in [0.717, 1.165) is 11.1 Å². The van der Waals surface area contributed by atoms with Crippen LogP contribution in [0.3, 0.4) is 0 Å². The number of aliphatic hydroxyl groups is 1. The first kappa shape index (κ1) is 19.6. The number of halogens is 1. The maximum absolute atomic E-state index is 13.1. The van der Waals surface area contributed by atoms with Gasteiger partial charge < -0.3 is 15.2 Å². The van der Waals surface area contributed by atoms with E-state index in [0.29, 0.717) is 18.0 Å². The number of hydrogen-bond donors (Lipinski definition) is 2. The molecular weight excluding hydrogens is 357 g/mol. The molecule has 0 aliphatic carbocycles. The Hall–Kier alpha value is -3.18. The summed E-state index contributed by atoms with van der Waals surface area (Å²) in [7, 11) is 0. The number of rotatable bonds is 8. The van der Waals surface area contributed by atoms with E-state index >= 15 is 0 Å². The molecule has 0 aliphatic heterocycles. The van der Waals surface area contributed by atoms with Gasteiger partial charge in [0.05, 0.1) is 6.04 Å². The van der Waals surface area contributed by atoms with Crippen LogP contribution in [-0.4, -0.2) is 17.0 Å². The first-order valence-electron chi connectivity index (χ1n) is 9.00. The van der Waals surface area contributed by atoms with Gasteiger partial charge in [-0.1, -0.05) is 42.5 Å². The molecule has 0 saturated carbocycles. The van der Waals surface area contributed by atoms with Crippen LogP contribution in [-0.2, 0) is 11.4 Å². The molecule has 0 bridgehead atoms. The van der Waals surface area contributed by atoms with Crippen LogP contribution < -0.4 is 10.1 Å². The highest BCUT2D eigenvalue weighted by Gasteiger charge is 2.25. The summed E-state index contributed by atoms with van der Waals surface area (Å²) in [4.78, 5) is 11.8. The summed E-state index contributed by atoms with van der Waals surface area (Å²) in [6.45, 7) is 1.79. The molecule has 0 fully saturated rings. The Labute approximate surface area is 163 Å². The lowest BCUT2D eigenvalue weighted by atomic mass is 9.98. The third-order valence-corrected chi connectivity index (χ3v) is 4.39. The normalized spacial score (nSPS) is 12.8. The molecule has 0 aliphatic rings. The number of aliphatic hydroxyl groups excluding tert-OH is 1. The van der Waals surface area contributed by atoms with Gasteiger partial charge in [0.2, 0.25) is 0 Å². The number of carbonyl (C=O) groups excluding carboxylic acids is 1. The summed E-state index contributed by atoms with van der Waals surface area (Å²) < 4.78 is 18.9. The molecule has 4 nitrogen and oxygen atoms in total. The zero-order chi connectivity index (χ0) is 19.9. The van der Waals surface area contributed by atoms with Crippen molar-refractivity contribution in [2.75, 3.05) is 5.32 Å². The van der Waals surface area contributed by atoms with Gasteiger partial charge in [0.25, 0.3) is 0 Å². The molecule has 0 aromatic heterocycles. The highest BCUT2D eigenvalue weighted by Crippen LogP contribution is 2.26. The van der Waals surface area contributed by atoms with E-state index in [1.807, 2.05) is 30.3 Å². The maximum Gasteiger partial charge on any atom is 0.160 e. The number of ether oxygens (including phenoxy) is 1. The quantitative estimate of drug-likeness (QED) is 0.605. The van der Waals surface area contributed by atoms with E-state index in [9.17, 15) is 14.3 Å². The predicted octanol–water partition coefficient (Wildman–Crippen LogP) is 4.51. The molecule has 2 N–H and O–H groups in total. The first-order chi connectivity index (χ1) is 13.5. The highest BCUT2D eigenvalue weighted by atomic mass is 19.1. The van der Waals surface area contributed by atoms with Crippen LogP contribution >= 0.6 is 0 Å². The minimum Gasteiger partial charge on any atom is -0.489 e. The molecule has 0 amide bonds. The Morgan fingerprint density at radius 2 is 1.64 bits per heavy atom. The molecule has 0 saturated heterocycles. The minimum atomic E-state index is -1.24. The van der Waals surface area contributed by atoms with Crippen LogP contribution in [0.1, 0.15) is 24.1 Å². The van der Waals surface area contributed by atoms with Crippen LogP contribution in [0.2, 0.25) is 0 Å². The minimum absolute atomic E-state index is 0.353. The summed E-state index contributed by atoms with van der Waals surface area (Å²) in [6, 6.07) is 22.1. The number of ketones is 1. The fourth-order valence-corrected chi connectivity index (χ4v) is 2.82. The van der Waals surface area contributed by atoms with E-state index in [2.05, 4.69) is 5.32 Å². The number of Topliss-reactive ketones (excluding diaryl/α,β-unsaturated/α-hetero) is 1. The van der Waals surface area contributed by atoms with Crippen molar-refractivity contribution in [3.63, 3.8) is 0 Å². The van der Waals surface area contributed by atoms with E-state index in [1.165, 1.54) is 19.1 Å². The van der Waals surface area contributed by atoms with E-state index in [4.69, 9.17) is 4.74 Å². The molecule has 0 heterocycles. The number of hydrogen-bond acceptors (Lipinski definition) is 4. The Morgan fingerprint density at radius 3 is 2.25 bits per heavy atom. The van der Waals surface area contributed by atoms with Crippen molar-refractivity contribution in [1.82, 2.24) is 0 Å². The predicted molar refractivity (Wildman–Crippen MR) is 107 cm³/mol. The Bertz CT molecular complexity index is 895. The second kappa shape index (κ2) is 9.15. The SMILES string of the molecule is CC(=O)C(O)C(Nc1ccc(F)cc1)c1ccc(OCc2ccccc2)cc1. The molecule has 144 valence electrons. The fraction of sp³-hybridized carbons (Fsp3) is 0.174. The lowest BCUT2D eigenvalue weighted by Gasteiger charge is -2.24.